The van der Waals surface area contributed by atoms with Crippen LogP contribution >= 0.6 is 0 Å². The number of nitrogen functional groups attached to an aromatic ring is 2. The summed E-state index contributed by atoms with van der Waals surface area (Å²) in [5.41, 5.74) is 25.6. The number of hydrogen-bond donors (Lipinski definition) is 3. The summed E-state index contributed by atoms with van der Waals surface area (Å²) >= 11 is 0. The molecule has 20 heteroatoms. The Morgan fingerprint density at radius 2 is 1.19 bits per heavy atom. The minimum atomic E-state index is 0.232. The molecule has 0 radical (unpaired) electrons. The third-order valence-electron chi connectivity index (χ3n) is 15.0. The van der Waals surface area contributed by atoms with Crippen LogP contribution in [-0.2, 0) is 13.1 Å². The van der Waals surface area contributed by atoms with Crippen LogP contribution in [0.15, 0.2) is 158 Å². The molecule has 5 N–H and O–H groups in total. The lowest BCUT2D eigenvalue weighted by molar-refractivity contribution is 0.211. The average molecular weight is 1070 g/mol. The average Bonchev–Trinajstić information content (AvgIpc) is 4.31. The number of rotatable bonds is 13. The lowest BCUT2D eigenvalue weighted by atomic mass is 10.0. The smallest absolute Gasteiger partial charge is 0.224 e. The highest BCUT2D eigenvalue weighted by Crippen LogP contribution is 2.36. The second-order valence-corrected chi connectivity index (χ2v) is 20.1. The molecule has 2 aliphatic heterocycles. The molecule has 396 valence electrons. The Morgan fingerprint density at radius 3 is 1.89 bits per heavy atom. The van der Waals surface area contributed by atoms with Gasteiger partial charge in [-0.25, -0.2) is 49.8 Å². The number of likely N-dealkylation sites (tertiary alicyclic amines) is 1. The topological polar surface area (TPSA) is 260 Å². The van der Waals surface area contributed by atoms with Crippen molar-refractivity contribution in [2.75, 3.05) is 61.0 Å². The van der Waals surface area contributed by atoms with Crippen LogP contribution in [0.4, 0.5) is 23.4 Å². The molecule has 0 aliphatic carbocycles. The van der Waals surface area contributed by atoms with Crippen molar-refractivity contribution in [3.63, 3.8) is 0 Å². The van der Waals surface area contributed by atoms with Gasteiger partial charge in [-0.05, 0) is 96.8 Å². The molecule has 2 fully saturated rings. The van der Waals surface area contributed by atoms with Crippen LogP contribution < -0.4 is 21.7 Å². The number of imidazole rings is 2. The van der Waals surface area contributed by atoms with Crippen molar-refractivity contribution in [3.8, 4) is 68.8 Å². The van der Waals surface area contributed by atoms with Gasteiger partial charge >= 0.3 is 0 Å². The molecule has 0 atom stereocenters. The summed E-state index contributed by atoms with van der Waals surface area (Å²) in [7, 11) is 0. The maximum atomic E-state index is 9.34. The third-order valence-corrected chi connectivity index (χ3v) is 15.0. The number of nitrogens with one attached hydrogen (secondary N) is 1. The Morgan fingerprint density at radius 1 is 0.519 bits per heavy atom. The number of hydrogen-bond acceptors (Lipinski definition) is 18. The molecule has 20 nitrogen and oxygen atoms in total. The number of nitrogens with zero attached hydrogens (tertiary/aromatic N) is 17. The minimum Gasteiger partial charge on any atom is -0.383 e. The van der Waals surface area contributed by atoms with Crippen LogP contribution in [0.1, 0.15) is 35.4 Å². The standard InChI is InChI=1S/C61H52N20/c62-33-44-20-24-67-61(72-44)71-43-21-25-77(26-22-43)36-39-8-12-46(13-9-39)80-57(48-7-4-23-66-55(48)64)76-53-31-42(35-68-59(53)80)51-17-16-49(56(65)73-51)58-75-52-19-18-50(41-5-2-1-3-6-41)74-60(52)81(58)47-14-10-40(11-15-47)37-78-27-29-79(30-28-78)54-32-45(34-63)69-38-70-54/h1-20,23-24,31-32,35,38,43H,21-22,25-30,36-37H2,(H2,64,66)(H2,65,73)(H,67,71,72). The first-order valence-electron chi connectivity index (χ1n) is 26.7. The van der Waals surface area contributed by atoms with Crippen LogP contribution in [0.3, 0.4) is 0 Å². The fourth-order valence-corrected chi connectivity index (χ4v) is 10.8. The highest BCUT2D eigenvalue weighted by Gasteiger charge is 2.25. The number of anilines is 4. The Hall–Kier alpha value is -10.5. The van der Waals surface area contributed by atoms with Gasteiger partial charge in [0.15, 0.2) is 22.9 Å². The second-order valence-electron chi connectivity index (χ2n) is 20.1. The summed E-state index contributed by atoms with van der Waals surface area (Å²) in [5.74, 6) is 3.14. The summed E-state index contributed by atoms with van der Waals surface area (Å²) < 4.78 is 4.08. The van der Waals surface area contributed by atoms with E-state index < -0.39 is 0 Å². The van der Waals surface area contributed by atoms with Gasteiger partial charge in [0.1, 0.15) is 58.3 Å². The number of pyridine rings is 4. The first-order valence-corrected chi connectivity index (χ1v) is 26.7. The molecule has 2 saturated heterocycles. The predicted molar refractivity (Wildman–Crippen MR) is 310 cm³/mol. The molecule has 0 saturated carbocycles. The van der Waals surface area contributed by atoms with Crippen LogP contribution in [0.2, 0.25) is 0 Å². The summed E-state index contributed by atoms with van der Waals surface area (Å²) in [6, 6.07) is 48.5. The highest BCUT2D eigenvalue weighted by atomic mass is 15.3. The normalized spacial score (nSPS) is 14.3. The maximum absolute atomic E-state index is 9.34. The van der Waals surface area contributed by atoms with Crippen molar-refractivity contribution in [3.05, 3.63) is 181 Å². The minimum absolute atomic E-state index is 0.232. The summed E-state index contributed by atoms with van der Waals surface area (Å²) in [6.45, 7) is 6.69. The van der Waals surface area contributed by atoms with E-state index >= 15 is 0 Å². The van der Waals surface area contributed by atoms with E-state index in [-0.39, 0.29) is 6.04 Å². The molecule has 2 aliphatic rings. The largest absolute Gasteiger partial charge is 0.383 e. The highest BCUT2D eigenvalue weighted by molar-refractivity contribution is 5.88. The van der Waals surface area contributed by atoms with Crippen LogP contribution in [0, 0.1) is 22.7 Å². The van der Waals surface area contributed by atoms with Gasteiger partial charge in [0.05, 0.1) is 22.5 Å². The lowest BCUT2D eigenvalue weighted by Gasteiger charge is -2.35. The Labute approximate surface area is 465 Å². The van der Waals surface area contributed by atoms with Gasteiger partial charge in [-0.2, -0.15) is 10.5 Å². The van der Waals surface area contributed by atoms with E-state index in [1.807, 2.05) is 65.2 Å². The van der Waals surface area contributed by atoms with E-state index in [0.29, 0.717) is 79.8 Å². The summed E-state index contributed by atoms with van der Waals surface area (Å²) in [4.78, 5) is 54.1. The summed E-state index contributed by atoms with van der Waals surface area (Å²) in [5, 5.41) is 22.0. The molecule has 81 heavy (non-hydrogen) atoms. The fraction of sp³-hybridized carbons (Fsp3) is 0.180. The van der Waals surface area contributed by atoms with Crippen molar-refractivity contribution >= 4 is 45.7 Å². The SMILES string of the molecule is N#Cc1cc(N2CCN(Cc3ccc(-n4c(-c5ccc(-c6cnc7c(c6)nc(-c6cccnc6N)n7-c6ccc(CN7CCC(Nc8nccc(C#N)n8)CC7)cc6)nc5N)nc5ccc(-c6ccccc6)nc54)cc3)CC2)ncn1. The molecule has 3 aromatic carbocycles. The molecule has 8 aromatic heterocycles. The van der Waals surface area contributed by atoms with E-state index in [2.05, 4.69) is 122 Å². The number of fused-ring (bicyclic) bond motifs is 2. The first-order chi connectivity index (χ1) is 39.8. The van der Waals surface area contributed by atoms with Crippen molar-refractivity contribution in [2.24, 2.45) is 0 Å². The van der Waals surface area contributed by atoms with E-state index in [0.717, 1.165) is 99.2 Å². The molecular weight excluding hydrogens is 1010 g/mol. The summed E-state index contributed by atoms with van der Waals surface area (Å²) in [6.07, 6.45) is 8.40. The molecule has 0 bridgehead atoms. The van der Waals surface area contributed by atoms with Crippen molar-refractivity contribution in [1.82, 2.24) is 68.8 Å². The van der Waals surface area contributed by atoms with Gasteiger partial charge in [-0.1, -0.05) is 54.6 Å². The second kappa shape index (κ2) is 21.7. The Kier molecular flexibility index (Phi) is 13.4. The van der Waals surface area contributed by atoms with E-state index in [1.54, 1.807) is 30.7 Å². The van der Waals surface area contributed by atoms with Crippen LogP contribution in [0.5, 0.6) is 0 Å². The van der Waals surface area contributed by atoms with Crippen molar-refractivity contribution in [1.29, 1.82) is 10.5 Å². The monoisotopic (exact) mass is 1060 g/mol. The number of piperidine rings is 1. The zero-order valence-electron chi connectivity index (χ0n) is 43.9. The number of nitrogens with two attached hydrogens (primary N) is 2. The molecular formula is C61H52N20. The first kappa shape index (κ1) is 50.0. The van der Waals surface area contributed by atoms with Crippen LogP contribution in [0.25, 0.3) is 79.0 Å². The zero-order chi connectivity index (χ0) is 54.8. The molecule has 13 rings (SSSR count). The van der Waals surface area contributed by atoms with Gasteiger partial charge in [0.25, 0.3) is 0 Å². The Balaban J connectivity index is 0.769. The number of aromatic nitrogens is 12. The maximum Gasteiger partial charge on any atom is 0.224 e. The van der Waals surface area contributed by atoms with E-state index in [9.17, 15) is 10.5 Å². The van der Waals surface area contributed by atoms with Gasteiger partial charge in [-0.15, -0.1) is 0 Å². The van der Waals surface area contributed by atoms with Crippen molar-refractivity contribution in [2.45, 2.75) is 32.0 Å². The van der Waals surface area contributed by atoms with E-state index in [4.69, 9.17) is 36.4 Å². The quantitative estimate of drug-likeness (QED) is 0.0977. The van der Waals surface area contributed by atoms with Gasteiger partial charge in [-0.3, -0.25) is 18.9 Å². The fourth-order valence-electron chi connectivity index (χ4n) is 10.8. The van der Waals surface area contributed by atoms with Gasteiger partial charge in [0, 0.05) is 106 Å². The number of nitriles is 2. The number of piperazine rings is 1. The lowest BCUT2D eigenvalue weighted by Crippen LogP contribution is -2.46. The van der Waals surface area contributed by atoms with Gasteiger partial charge < -0.3 is 21.7 Å². The molecule has 11 aromatic rings. The molecule has 0 spiro atoms. The van der Waals surface area contributed by atoms with Crippen LogP contribution in [-0.4, -0.2) is 114 Å². The molecule has 0 unspecified atom stereocenters. The predicted octanol–water partition coefficient (Wildman–Crippen LogP) is 8.50. The van der Waals surface area contributed by atoms with Gasteiger partial charge in [0.2, 0.25) is 5.95 Å². The third kappa shape index (κ3) is 10.3. The molecule has 0 amide bonds. The van der Waals surface area contributed by atoms with Crippen molar-refractivity contribution < 1.29 is 0 Å². The van der Waals surface area contributed by atoms with E-state index in [1.165, 1.54) is 17.5 Å². The Bertz CT molecular complexity index is 4190. The number of benzene rings is 3. The molecule has 10 heterocycles. The zero-order valence-corrected chi connectivity index (χ0v) is 43.9.